The van der Waals surface area contributed by atoms with Crippen molar-refractivity contribution in [2.75, 3.05) is 5.32 Å². The highest BCUT2D eigenvalue weighted by atomic mass is 35.5. The van der Waals surface area contributed by atoms with Gasteiger partial charge in [0, 0.05) is 12.0 Å². The number of carbonyl (C=O) groups excluding carboxylic acids is 1. The lowest BCUT2D eigenvalue weighted by Crippen LogP contribution is -2.18. The summed E-state index contributed by atoms with van der Waals surface area (Å²) >= 11 is 6.02. The van der Waals surface area contributed by atoms with Gasteiger partial charge in [-0.05, 0) is 25.0 Å². The molecule has 1 aromatic heterocycles. The molecule has 2 aromatic rings. The number of benzene rings is 1. The number of nitriles is 1. The van der Waals surface area contributed by atoms with E-state index in [1.165, 1.54) is 16.9 Å². The van der Waals surface area contributed by atoms with Gasteiger partial charge in [0.1, 0.15) is 17.4 Å². The Morgan fingerprint density at radius 2 is 2.16 bits per heavy atom. The lowest BCUT2D eigenvalue weighted by Gasteiger charge is -2.13. The molecule has 0 saturated heterocycles. The van der Waals surface area contributed by atoms with Crippen molar-refractivity contribution < 1.29 is 22.7 Å². The van der Waals surface area contributed by atoms with Crippen LogP contribution in [0.3, 0.4) is 0 Å². The van der Waals surface area contributed by atoms with Crippen molar-refractivity contribution in [3.63, 3.8) is 0 Å². The Bertz CT molecular complexity index is 869. The van der Waals surface area contributed by atoms with Gasteiger partial charge in [-0.15, -0.1) is 13.2 Å². The number of nitrogens with one attached hydrogen (secondary N) is 1. The molecule has 1 amide bonds. The van der Waals surface area contributed by atoms with Crippen LogP contribution in [0.15, 0.2) is 24.4 Å². The molecule has 0 unspecified atom stereocenters. The summed E-state index contributed by atoms with van der Waals surface area (Å²) < 4.78 is 41.8. The average Bonchev–Trinajstić information content (AvgIpc) is 3.29. The van der Waals surface area contributed by atoms with Crippen molar-refractivity contribution in [1.29, 1.82) is 5.26 Å². The van der Waals surface area contributed by atoms with Crippen LogP contribution in [-0.2, 0) is 4.79 Å². The van der Waals surface area contributed by atoms with E-state index in [1.54, 1.807) is 0 Å². The highest BCUT2D eigenvalue weighted by Crippen LogP contribution is 2.33. The Morgan fingerprint density at radius 3 is 2.72 bits per heavy atom. The van der Waals surface area contributed by atoms with Gasteiger partial charge in [-0.2, -0.15) is 10.4 Å². The fourth-order valence-electron chi connectivity index (χ4n) is 2.15. The molecule has 1 fully saturated rings. The van der Waals surface area contributed by atoms with Crippen molar-refractivity contribution in [2.45, 2.75) is 19.2 Å². The summed E-state index contributed by atoms with van der Waals surface area (Å²) in [6, 6.07) is 5.19. The highest BCUT2D eigenvalue weighted by Gasteiger charge is 2.32. The number of alkyl halides is 3. The van der Waals surface area contributed by atoms with E-state index in [0.29, 0.717) is 0 Å². The van der Waals surface area contributed by atoms with Gasteiger partial charge in [0.05, 0.1) is 16.9 Å². The minimum atomic E-state index is -4.84. The fourth-order valence-corrected chi connectivity index (χ4v) is 2.40. The minimum Gasteiger partial charge on any atom is -0.406 e. The van der Waals surface area contributed by atoms with E-state index in [1.807, 2.05) is 6.07 Å². The van der Waals surface area contributed by atoms with Crippen LogP contribution in [0.5, 0.6) is 5.75 Å². The lowest BCUT2D eigenvalue weighted by atomic mass is 10.3. The third-order valence-corrected chi connectivity index (χ3v) is 3.76. The molecule has 130 valence electrons. The number of hydrogen-bond acceptors (Lipinski definition) is 4. The number of rotatable bonds is 4. The molecule has 10 heteroatoms. The van der Waals surface area contributed by atoms with Crippen molar-refractivity contribution in [2.24, 2.45) is 5.92 Å². The Balaban J connectivity index is 1.95. The van der Waals surface area contributed by atoms with Crippen LogP contribution in [0.1, 0.15) is 18.4 Å². The summed E-state index contributed by atoms with van der Waals surface area (Å²) in [5.74, 6) is -0.720. The zero-order valence-corrected chi connectivity index (χ0v) is 13.2. The third kappa shape index (κ3) is 3.85. The second-order valence-electron chi connectivity index (χ2n) is 5.36. The van der Waals surface area contributed by atoms with Gasteiger partial charge in [0.25, 0.3) is 0 Å². The van der Waals surface area contributed by atoms with Crippen LogP contribution < -0.4 is 10.1 Å². The van der Waals surface area contributed by atoms with Crippen LogP contribution in [0.4, 0.5) is 19.0 Å². The van der Waals surface area contributed by atoms with E-state index < -0.39 is 12.1 Å². The van der Waals surface area contributed by atoms with E-state index in [9.17, 15) is 18.0 Å². The van der Waals surface area contributed by atoms with E-state index >= 15 is 0 Å². The smallest absolute Gasteiger partial charge is 0.406 e. The number of nitrogens with zero attached hydrogens (tertiary/aromatic N) is 3. The number of amides is 1. The van der Waals surface area contributed by atoms with Crippen molar-refractivity contribution >= 4 is 23.3 Å². The Morgan fingerprint density at radius 1 is 1.44 bits per heavy atom. The maximum absolute atomic E-state index is 12.3. The number of anilines is 1. The summed E-state index contributed by atoms with van der Waals surface area (Å²) in [6.45, 7) is 0. The molecule has 1 heterocycles. The Labute approximate surface area is 144 Å². The predicted molar refractivity (Wildman–Crippen MR) is 81.3 cm³/mol. The van der Waals surface area contributed by atoms with Crippen LogP contribution in [0, 0.1) is 17.2 Å². The van der Waals surface area contributed by atoms with Crippen LogP contribution in [0.2, 0.25) is 5.02 Å². The van der Waals surface area contributed by atoms with Crippen LogP contribution >= 0.6 is 11.6 Å². The first-order chi connectivity index (χ1) is 11.8. The van der Waals surface area contributed by atoms with Gasteiger partial charge in [0.2, 0.25) is 5.91 Å². The Kier molecular flexibility index (Phi) is 4.30. The van der Waals surface area contributed by atoms with E-state index in [2.05, 4.69) is 15.2 Å². The molecule has 6 nitrogen and oxygen atoms in total. The monoisotopic (exact) mass is 370 g/mol. The molecular formula is C15H10ClF3N4O2. The molecule has 1 aliphatic rings. The van der Waals surface area contributed by atoms with Gasteiger partial charge < -0.3 is 10.1 Å². The number of hydrogen-bond donors (Lipinski definition) is 1. The first-order valence-corrected chi connectivity index (χ1v) is 7.51. The fraction of sp³-hybridized carbons (Fsp3) is 0.267. The number of halogens is 4. The molecule has 25 heavy (non-hydrogen) atoms. The van der Waals surface area contributed by atoms with Crippen molar-refractivity contribution in [1.82, 2.24) is 9.78 Å². The molecule has 0 atom stereocenters. The van der Waals surface area contributed by atoms with E-state index in [4.69, 9.17) is 16.9 Å². The molecule has 0 radical (unpaired) electrons. The quantitative estimate of drug-likeness (QED) is 0.891. The van der Waals surface area contributed by atoms with Crippen molar-refractivity contribution in [3.05, 3.63) is 35.0 Å². The molecule has 0 bridgehead atoms. The molecule has 0 aliphatic heterocycles. The number of aromatic nitrogens is 2. The second kappa shape index (κ2) is 6.29. The molecular weight excluding hydrogens is 361 g/mol. The summed E-state index contributed by atoms with van der Waals surface area (Å²) in [5, 5.41) is 15.7. The Hall–Kier alpha value is -2.73. The molecule has 1 saturated carbocycles. The first kappa shape index (κ1) is 17.1. The zero-order valence-electron chi connectivity index (χ0n) is 12.5. The maximum Gasteiger partial charge on any atom is 0.573 e. The molecule has 0 spiro atoms. The molecule has 1 N–H and O–H groups in total. The summed E-state index contributed by atoms with van der Waals surface area (Å²) in [5.41, 5.74) is 0.310. The zero-order chi connectivity index (χ0) is 18.2. The second-order valence-corrected chi connectivity index (χ2v) is 5.76. The predicted octanol–water partition coefficient (Wildman–Crippen LogP) is 3.64. The average molecular weight is 371 g/mol. The lowest BCUT2D eigenvalue weighted by molar-refractivity contribution is -0.274. The molecule has 1 aliphatic carbocycles. The SMILES string of the molecule is N#Cc1cnn(-c2ccc(OC(F)(F)F)cc2Cl)c1NC(=O)C1CC1. The van der Waals surface area contributed by atoms with Gasteiger partial charge in [-0.3, -0.25) is 4.79 Å². The van der Waals surface area contributed by atoms with Gasteiger partial charge in [0.15, 0.2) is 5.82 Å². The van der Waals surface area contributed by atoms with Gasteiger partial charge in [-0.1, -0.05) is 11.6 Å². The molecule has 1 aromatic carbocycles. The summed E-state index contributed by atoms with van der Waals surface area (Å²) in [7, 11) is 0. The van der Waals surface area contributed by atoms with Gasteiger partial charge >= 0.3 is 6.36 Å². The highest BCUT2D eigenvalue weighted by molar-refractivity contribution is 6.32. The van der Waals surface area contributed by atoms with E-state index in [0.717, 1.165) is 25.0 Å². The van der Waals surface area contributed by atoms with Crippen LogP contribution in [-0.4, -0.2) is 22.1 Å². The van der Waals surface area contributed by atoms with Gasteiger partial charge in [-0.25, -0.2) is 4.68 Å². The maximum atomic E-state index is 12.3. The van der Waals surface area contributed by atoms with Crippen molar-refractivity contribution in [3.8, 4) is 17.5 Å². The topological polar surface area (TPSA) is 79.9 Å². The number of ether oxygens (including phenoxy) is 1. The molecule has 3 rings (SSSR count). The van der Waals surface area contributed by atoms with E-state index in [-0.39, 0.29) is 33.9 Å². The normalized spacial score (nSPS) is 14.0. The minimum absolute atomic E-state index is 0.0868. The third-order valence-electron chi connectivity index (χ3n) is 3.46. The largest absolute Gasteiger partial charge is 0.573 e. The first-order valence-electron chi connectivity index (χ1n) is 7.13. The number of carbonyl (C=O) groups is 1. The standard InChI is InChI=1S/C15H10ClF3N4O2/c16-11-5-10(25-15(17,18)19)3-4-12(11)23-13(9(6-20)7-21-23)22-14(24)8-1-2-8/h3-5,7-8H,1-2H2,(H,22,24). The summed E-state index contributed by atoms with van der Waals surface area (Å²) in [4.78, 5) is 12.0. The van der Waals surface area contributed by atoms with Crippen LogP contribution in [0.25, 0.3) is 5.69 Å². The summed E-state index contributed by atoms with van der Waals surface area (Å²) in [6.07, 6.45) is -2.06.